The van der Waals surface area contributed by atoms with E-state index in [-0.39, 0.29) is 30.1 Å². The average molecular weight is 736 g/mol. The first-order chi connectivity index (χ1) is 25.9. The molecular weight excluding hydrogens is 683 g/mol. The van der Waals surface area contributed by atoms with Crippen LogP contribution in [0.4, 0.5) is 16.6 Å². The first kappa shape index (κ1) is 38.3. The predicted octanol–water partition coefficient (Wildman–Crippen LogP) is 7.17. The fourth-order valence-corrected chi connectivity index (χ4v) is 7.25. The van der Waals surface area contributed by atoms with Crippen LogP contribution in [0, 0.1) is 0 Å². The minimum absolute atomic E-state index is 0.149. The summed E-state index contributed by atoms with van der Waals surface area (Å²) in [5, 5.41) is 27.2. The molecule has 5 aromatic rings. The number of rotatable bonds is 9. The van der Waals surface area contributed by atoms with Crippen LogP contribution < -0.4 is 20.3 Å². The maximum Gasteiger partial charge on any atom is 0.320 e. The second-order valence-corrected chi connectivity index (χ2v) is 15.5. The van der Waals surface area contributed by atoms with E-state index in [0.29, 0.717) is 11.9 Å². The lowest BCUT2D eigenvalue weighted by Crippen LogP contribution is -2.38. The Kier molecular flexibility index (Phi) is 11.9. The molecule has 0 radical (unpaired) electrons. The predicted molar refractivity (Wildman–Crippen MR) is 211 cm³/mol. The van der Waals surface area contributed by atoms with Crippen molar-refractivity contribution in [2.75, 3.05) is 37.4 Å². The van der Waals surface area contributed by atoms with Crippen molar-refractivity contribution < 1.29 is 19.4 Å². The van der Waals surface area contributed by atoms with Crippen LogP contribution in [0.15, 0.2) is 72.9 Å². The summed E-state index contributed by atoms with van der Waals surface area (Å²) >= 11 is 0. The Hall–Kier alpha value is -5.43. The zero-order valence-electron chi connectivity index (χ0n) is 32.2. The van der Waals surface area contributed by atoms with E-state index in [9.17, 15) is 4.79 Å². The minimum Gasteiger partial charge on any atom is -0.484 e. The number of hydrogen-bond acceptors (Lipinski definition) is 8. The van der Waals surface area contributed by atoms with Crippen molar-refractivity contribution in [3.63, 3.8) is 0 Å². The fourth-order valence-electron chi connectivity index (χ4n) is 7.25. The number of ether oxygens (including phenoxy) is 1. The van der Waals surface area contributed by atoms with Gasteiger partial charge in [0.15, 0.2) is 5.65 Å². The molecule has 3 atom stereocenters. The third-order valence-corrected chi connectivity index (χ3v) is 10.2. The van der Waals surface area contributed by atoms with Gasteiger partial charge in [0.1, 0.15) is 17.7 Å². The van der Waals surface area contributed by atoms with Gasteiger partial charge in [-0.3, -0.25) is 14.5 Å². The molecular formula is C41H53N9O4. The maximum atomic E-state index is 13.7. The summed E-state index contributed by atoms with van der Waals surface area (Å²) in [6, 6.07) is 22.6. The van der Waals surface area contributed by atoms with Crippen LogP contribution >= 0.6 is 0 Å². The molecule has 3 N–H and O–H groups in total. The van der Waals surface area contributed by atoms with Crippen LogP contribution in [0.3, 0.4) is 0 Å². The van der Waals surface area contributed by atoms with E-state index < -0.39 is 0 Å². The Morgan fingerprint density at radius 3 is 2.52 bits per heavy atom. The SMILES string of the molecule is CC1CCCCN1c1nnc2ccc(O[C@@H]3CC[C@H](NC(=O)Nc4cc(C(C)(C)C)nn4-c4cccc(CCN(C)C)c4)c4ccccc43)cn12.O=CO. The summed E-state index contributed by atoms with van der Waals surface area (Å²) in [5.74, 6) is 2.27. The molecule has 2 aromatic carbocycles. The Labute approximate surface area is 317 Å². The number of anilines is 2. The van der Waals surface area contributed by atoms with E-state index in [4.69, 9.17) is 19.7 Å². The van der Waals surface area contributed by atoms with Gasteiger partial charge in [-0.05, 0) is 100 Å². The highest BCUT2D eigenvalue weighted by Crippen LogP contribution is 2.39. The summed E-state index contributed by atoms with van der Waals surface area (Å²) in [7, 11) is 4.16. The van der Waals surface area contributed by atoms with E-state index >= 15 is 0 Å². The molecule has 3 aromatic heterocycles. The van der Waals surface area contributed by atoms with E-state index in [0.717, 1.165) is 85.0 Å². The van der Waals surface area contributed by atoms with Crippen molar-refractivity contribution in [3.8, 4) is 11.4 Å². The number of carboxylic acid groups (broad SMARTS) is 1. The molecule has 1 fully saturated rings. The molecule has 1 unspecified atom stereocenters. The van der Waals surface area contributed by atoms with Gasteiger partial charge in [0.05, 0.1) is 23.6 Å². The number of pyridine rings is 1. The summed E-state index contributed by atoms with van der Waals surface area (Å²) in [6.07, 6.45) is 7.85. The van der Waals surface area contributed by atoms with Gasteiger partial charge >= 0.3 is 6.03 Å². The fraction of sp³-hybridized carbons (Fsp3) is 0.439. The maximum absolute atomic E-state index is 13.7. The van der Waals surface area contributed by atoms with Gasteiger partial charge in [-0.15, -0.1) is 10.2 Å². The van der Waals surface area contributed by atoms with Gasteiger partial charge in [0, 0.05) is 30.6 Å². The molecule has 2 aliphatic rings. The summed E-state index contributed by atoms with van der Waals surface area (Å²) < 4.78 is 10.6. The highest BCUT2D eigenvalue weighted by Gasteiger charge is 2.31. The number of urea groups is 1. The minimum atomic E-state index is -0.267. The first-order valence-electron chi connectivity index (χ1n) is 18.8. The number of nitrogens with zero attached hydrogens (tertiary/aromatic N) is 7. The molecule has 0 spiro atoms. The Balaban J connectivity index is 0.00000160. The Bertz CT molecular complexity index is 2050. The van der Waals surface area contributed by atoms with Gasteiger partial charge in [-0.25, -0.2) is 9.48 Å². The van der Waals surface area contributed by atoms with Crippen molar-refractivity contribution >= 4 is 29.9 Å². The summed E-state index contributed by atoms with van der Waals surface area (Å²) in [5.41, 5.74) is 5.81. The lowest BCUT2D eigenvalue weighted by Gasteiger charge is -2.33. The van der Waals surface area contributed by atoms with Crippen LogP contribution in [0.25, 0.3) is 11.3 Å². The quantitative estimate of drug-likeness (QED) is 0.134. The van der Waals surface area contributed by atoms with Crippen molar-refractivity contribution in [2.24, 2.45) is 0 Å². The van der Waals surface area contributed by atoms with Crippen LogP contribution in [-0.4, -0.2) is 80.1 Å². The number of benzene rings is 2. The number of nitrogens with one attached hydrogen (secondary N) is 2. The highest BCUT2D eigenvalue weighted by atomic mass is 16.5. The number of likely N-dealkylation sites (N-methyl/N-ethyl adjacent to an activating group) is 1. The lowest BCUT2D eigenvalue weighted by molar-refractivity contribution is -0.122. The Morgan fingerprint density at radius 2 is 1.78 bits per heavy atom. The third-order valence-electron chi connectivity index (χ3n) is 10.2. The third kappa shape index (κ3) is 8.84. The molecule has 4 heterocycles. The first-order valence-corrected chi connectivity index (χ1v) is 18.8. The topological polar surface area (TPSA) is 142 Å². The summed E-state index contributed by atoms with van der Waals surface area (Å²) in [6.45, 7) is 10.3. The van der Waals surface area contributed by atoms with Crippen LogP contribution in [-0.2, 0) is 16.6 Å². The van der Waals surface area contributed by atoms with Gasteiger partial charge in [0.2, 0.25) is 5.95 Å². The molecule has 13 nitrogen and oxygen atoms in total. The number of hydrogen-bond donors (Lipinski definition) is 3. The molecule has 54 heavy (non-hydrogen) atoms. The molecule has 13 heteroatoms. The second kappa shape index (κ2) is 16.7. The largest absolute Gasteiger partial charge is 0.484 e. The zero-order valence-corrected chi connectivity index (χ0v) is 32.2. The van der Waals surface area contributed by atoms with E-state index in [1.54, 1.807) is 0 Å². The number of carbonyl (C=O) groups is 2. The van der Waals surface area contributed by atoms with Crippen molar-refractivity contribution in [1.29, 1.82) is 0 Å². The smallest absolute Gasteiger partial charge is 0.320 e. The van der Waals surface area contributed by atoms with Crippen LogP contribution in [0.5, 0.6) is 5.75 Å². The zero-order chi connectivity index (χ0) is 38.4. The monoisotopic (exact) mass is 735 g/mol. The summed E-state index contributed by atoms with van der Waals surface area (Å²) in [4.78, 5) is 26.6. The van der Waals surface area contributed by atoms with E-state index in [1.165, 1.54) is 12.0 Å². The lowest BCUT2D eigenvalue weighted by atomic mass is 9.85. The molecule has 2 amide bonds. The normalized spacial score (nSPS) is 18.4. The van der Waals surface area contributed by atoms with Crippen molar-refractivity contribution in [3.05, 3.63) is 95.3 Å². The molecule has 7 rings (SSSR count). The standard InChI is InChI=1S/C40H51N9O2.CH2O2/c1-27-12-9-10-22-47(27)39-44-43-36-20-17-30(26-48(36)39)51-34-19-18-33(31-15-7-8-16-32(31)34)41-38(50)42-37-25-35(40(2,3)4)45-49(37)29-14-11-13-28(24-29)21-23-46(5)6;2-1-3/h7-8,11,13-17,20,24-27,33-34H,9-10,12,18-19,21-23H2,1-6H3,(H2,41,42,50);1H,(H,2,3)/t27?,33-,34+;/m0./s1. The number of fused-ring (bicyclic) bond motifs is 2. The van der Waals surface area contributed by atoms with Crippen LogP contribution in [0.2, 0.25) is 0 Å². The molecule has 286 valence electrons. The van der Waals surface area contributed by atoms with Gasteiger partial charge in [-0.2, -0.15) is 5.10 Å². The molecule has 1 saturated heterocycles. The van der Waals surface area contributed by atoms with Gasteiger partial charge < -0.3 is 25.0 Å². The highest BCUT2D eigenvalue weighted by molar-refractivity contribution is 5.89. The van der Waals surface area contributed by atoms with Crippen molar-refractivity contribution in [1.82, 2.24) is 34.6 Å². The van der Waals surface area contributed by atoms with Crippen LogP contribution in [0.1, 0.15) is 94.3 Å². The molecule has 0 bridgehead atoms. The van der Waals surface area contributed by atoms with Gasteiger partial charge in [-0.1, -0.05) is 57.2 Å². The Morgan fingerprint density at radius 1 is 1.00 bits per heavy atom. The van der Waals surface area contributed by atoms with E-state index in [1.807, 2.05) is 47.3 Å². The number of piperidine rings is 1. The number of aromatic nitrogens is 5. The number of amides is 2. The molecule has 1 aliphatic heterocycles. The average Bonchev–Trinajstić information content (AvgIpc) is 3.77. The van der Waals surface area contributed by atoms with Crippen molar-refractivity contribution in [2.45, 2.75) is 89.8 Å². The second-order valence-electron chi connectivity index (χ2n) is 15.5. The van der Waals surface area contributed by atoms with E-state index in [2.05, 4.69) is 107 Å². The van der Waals surface area contributed by atoms with Gasteiger partial charge in [0.25, 0.3) is 6.47 Å². The number of carbonyl (C=O) groups excluding carboxylic acids is 1. The molecule has 1 aliphatic carbocycles. The molecule has 0 saturated carbocycles.